The lowest BCUT2D eigenvalue weighted by atomic mass is 10.1. The summed E-state index contributed by atoms with van der Waals surface area (Å²) in [5, 5.41) is 2.92. The highest BCUT2D eigenvalue weighted by molar-refractivity contribution is 7.98. The van der Waals surface area contributed by atoms with E-state index in [1.807, 2.05) is 42.1 Å². The van der Waals surface area contributed by atoms with E-state index < -0.39 is 6.04 Å². The van der Waals surface area contributed by atoms with Crippen LogP contribution in [0, 0.1) is 0 Å². The molecule has 1 atom stereocenters. The Balaban J connectivity index is 2.10. The van der Waals surface area contributed by atoms with Crippen molar-refractivity contribution < 1.29 is 4.79 Å². The number of carbonyl (C=O) groups excluding carboxylic acids is 1. The van der Waals surface area contributed by atoms with Gasteiger partial charge in [-0.15, -0.1) is 0 Å². The van der Waals surface area contributed by atoms with Crippen LogP contribution in [0.25, 0.3) is 0 Å². The highest BCUT2D eigenvalue weighted by atomic mass is 32.2. The Kier molecular flexibility index (Phi) is 9.16. The van der Waals surface area contributed by atoms with E-state index in [0.29, 0.717) is 6.42 Å². The van der Waals surface area contributed by atoms with Crippen LogP contribution in [0.4, 0.5) is 0 Å². The molecule has 0 unspecified atom stereocenters. The summed E-state index contributed by atoms with van der Waals surface area (Å²) in [5.74, 6) is 1.19. The van der Waals surface area contributed by atoms with Crippen molar-refractivity contribution in [1.82, 2.24) is 5.32 Å². The monoisotopic (exact) mass is 294 g/mol. The zero-order chi connectivity index (χ0) is 14.6. The summed E-state index contributed by atoms with van der Waals surface area (Å²) in [7, 11) is 0. The van der Waals surface area contributed by atoms with Crippen molar-refractivity contribution in [3.8, 4) is 0 Å². The Morgan fingerprint density at radius 1 is 1.20 bits per heavy atom. The maximum absolute atomic E-state index is 11.8. The fraction of sp³-hybridized carbons (Fsp3) is 0.562. The molecule has 20 heavy (non-hydrogen) atoms. The van der Waals surface area contributed by atoms with E-state index >= 15 is 0 Å². The SMILES string of the molecule is CSCCCCCCNC(=O)[C@H](N)Cc1ccccc1. The number of rotatable bonds is 10. The second kappa shape index (κ2) is 10.7. The van der Waals surface area contributed by atoms with Gasteiger partial charge < -0.3 is 11.1 Å². The zero-order valence-corrected chi connectivity index (χ0v) is 13.1. The Morgan fingerprint density at radius 3 is 2.60 bits per heavy atom. The third-order valence-corrected chi connectivity index (χ3v) is 3.91. The number of hydrogen-bond donors (Lipinski definition) is 2. The Morgan fingerprint density at radius 2 is 1.90 bits per heavy atom. The Hall–Kier alpha value is -1.00. The number of nitrogens with two attached hydrogens (primary N) is 1. The molecular formula is C16H26N2OS. The molecule has 0 aliphatic heterocycles. The standard InChI is InChI=1S/C16H26N2OS/c1-20-12-8-3-2-7-11-18-16(19)15(17)13-14-9-5-4-6-10-14/h4-6,9-10,15H,2-3,7-8,11-13,17H2,1H3,(H,18,19)/t15-/m1/s1. The van der Waals surface area contributed by atoms with Crippen molar-refractivity contribution in [1.29, 1.82) is 0 Å². The molecule has 4 heteroatoms. The van der Waals surface area contributed by atoms with Crippen LogP contribution in [0.1, 0.15) is 31.2 Å². The molecule has 1 aromatic rings. The van der Waals surface area contributed by atoms with Gasteiger partial charge in [0.2, 0.25) is 5.91 Å². The normalized spacial score (nSPS) is 12.1. The predicted octanol–water partition coefficient (Wildman–Crippen LogP) is 2.60. The van der Waals surface area contributed by atoms with E-state index in [2.05, 4.69) is 11.6 Å². The van der Waals surface area contributed by atoms with E-state index in [4.69, 9.17) is 5.73 Å². The summed E-state index contributed by atoms with van der Waals surface area (Å²) in [6, 6.07) is 9.45. The molecule has 3 N–H and O–H groups in total. The van der Waals surface area contributed by atoms with Crippen molar-refractivity contribution >= 4 is 17.7 Å². The fourth-order valence-electron chi connectivity index (χ4n) is 2.03. The van der Waals surface area contributed by atoms with Crippen LogP contribution in [0.15, 0.2) is 30.3 Å². The van der Waals surface area contributed by atoms with Gasteiger partial charge in [0, 0.05) is 6.54 Å². The summed E-state index contributed by atoms with van der Waals surface area (Å²) in [6.45, 7) is 0.737. The van der Waals surface area contributed by atoms with Crippen LogP contribution in [0.5, 0.6) is 0 Å². The molecule has 112 valence electrons. The molecule has 0 saturated carbocycles. The molecule has 0 heterocycles. The first kappa shape index (κ1) is 17.1. The summed E-state index contributed by atoms with van der Waals surface area (Å²) in [6.07, 6.45) is 7.46. The molecular weight excluding hydrogens is 268 g/mol. The van der Waals surface area contributed by atoms with Crippen molar-refractivity contribution in [3.05, 3.63) is 35.9 Å². The summed E-state index contributed by atoms with van der Waals surface area (Å²) in [4.78, 5) is 11.8. The minimum absolute atomic E-state index is 0.0435. The molecule has 0 bridgehead atoms. The lowest BCUT2D eigenvalue weighted by Crippen LogP contribution is -2.42. The molecule has 0 aliphatic rings. The zero-order valence-electron chi connectivity index (χ0n) is 12.3. The summed E-state index contributed by atoms with van der Waals surface area (Å²) in [5.41, 5.74) is 7.02. The third kappa shape index (κ3) is 7.56. The second-order valence-corrected chi connectivity index (χ2v) is 5.98. The lowest BCUT2D eigenvalue weighted by molar-refractivity contribution is -0.122. The van der Waals surface area contributed by atoms with Crippen LogP contribution < -0.4 is 11.1 Å². The van der Waals surface area contributed by atoms with Crippen molar-refractivity contribution in [2.24, 2.45) is 5.73 Å². The number of thioether (sulfide) groups is 1. The molecule has 1 amide bonds. The van der Waals surface area contributed by atoms with Gasteiger partial charge in [-0.05, 0) is 36.8 Å². The van der Waals surface area contributed by atoms with Crippen LogP contribution in [-0.2, 0) is 11.2 Å². The van der Waals surface area contributed by atoms with Crippen molar-refractivity contribution in [2.75, 3.05) is 18.6 Å². The van der Waals surface area contributed by atoms with Crippen LogP contribution in [0.2, 0.25) is 0 Å². The highest BCUT2D eigenvalue weighted by Crippen LogP contribution is 2.04. The molecule has 0 aliphatic carbocycles. The van der Waals surface area contributed by atoms with E-state index in [9.17, 15) is 4.79 Å². The van der Waals surface area contributed by atoms with E-state index in [0.717, 1.165) is 18.5 Å². The van der Waals surface area contributed by atoms with Gasteiger partial charge in [-0.1, -0.05) is 43.2 Å². The van der Waals surface area contributed by atoms with Gasteiger partial charge in [-0.25, -0.2) is 0 Å². The van der Waals surface area contributed by atoms with Gasteiger partial charge >= 0.3 is 0 Å². The van der Waals surface area contributed by atoms with Crippen LogP contribution >= 0.6 is 11.8 Å². The number of nitrogens with one attached hydrogen (secondary N) is 1. The van der Waals surface area contributed by atoms with Gasteiger partial charge in [0.1, 0.15) is 0 Å². The van der Waals surface area contributed by atoms with Gasteiger partial charge in [-0.2, -0.15) is 11.8 Å². The average molecular weight is 294 g/mol. The first-order chi connectivity index (χ1) is 9.74. The van der Waals surface area contributed by atoms with Crippen molar-refractivity contribution in [3.63, 3.8) is 0 Å². The Bertz CT molecular complexity index is 370. The molecule has 1 rings (SSSR count). The topological polar surface area (TPSA) is 55.1 Å². The second-order valence-electron chi connectivity index (χ2n) is 4.99. The van der Waals surface area contributed by atoms with Gasteiger partial charge in [0.25, 0.3) is 0 Å². The highest BCUT2D eigenvalue weighted by Gasteiger charge is 2.12. The minimum Gasteiger partial charge on any atom is -0.355 e. The molecule has 3 nitrogen and oxygen atoms in total. The molecule has 0 aromatic heterocycles. The van der Waals surface area contributed by atoms with Gasteiger partial charge in [0.05, 0.1) is 6.04 Å². The van der Waals surface area contributed by atoms with Gasteiger partial charge in [-0.3, -0.25) is 4.79 Å². The largest absolute Gasteiger partial charge is 0.355 e. The predicted molar refractivity (Wildman–Crippen MR) is 88.0 cm³/mol. The summed E-state index contributed by atoms with van der Waals surface area (Å²) >= 11 is 1.89. The van der Waals surface area contributed by atoms with E-state index in [-0.39, 0.29) is 5.91 Å². The number of hydrogen-bond acceptors (Lipinski definition) is 3. The number of amides is 1. The Labute approximate surface area is 126 Å². The summed E-state index contributed by atoms with van der Waals surface area (Å²) < 4.78 is 0. The number of carbonyl (C=O) groups is 1. The average Bonchev–Trinajstić information content (AvgIpc) is 2.47. The fourth-order valence-corrected chi connectivity index (χ4v) is 2.52. The smallest absolute Gasteiger partial charge is 0.237 e. The van der Waals surface area contributed by atoms with E-state index in [1.54, 1.807) is 0 Å². The first-order valence-corrected chi connectivity index (χ1v) is 8.69. The number of benzene rings is 1. The molecule has 0 fully saturated rings. The van der Waals surface area contributed by atoms with Gasteiger partial charge in [0.15, 0.2) is 0 Å². The maximum atomic E-state index is 11.8. The molecule has 0 saturated heterocycles. The van der Waals surface area contributed by atoms with Crippen molar-refractivity contribution in [2.45, 2.75) is 38.1 Å². The number of unbranched alkanes of at least 4 members (excludes halogenated alkanes) is 3. The minimum atomic E-state index is -0.450. The molecule has 0 spiro atoms. The third-order valence-electron chi connectivity index (χ3n) is 3.21. The maximum Gasteiger partial charge on any atom is 0.237 e. The lowest BCUT2D eigenvalue weighted by Gasteiger charge is -2.12. The van der Waals surface area contributed by atoms with Crippen LogP contribution in [0.3, 0.4) is 0 Å². The molecule has 1 aromatic carbocycles. The quantitative estimate of drug-likeness (QED) is 0.652. The first-order valence-electron chi connectivity index (χ1n) is 7.30. The molecule has 0 radical (unpaired) electrons. The van der Waals surface area contributed by atoms with Crippen LogP contribution in [-0.4, -0.2) is 30.5 Å². The van der Waals surface area contributed by atoms with E-state index in [1.165, 1.54) is 25.0 Å².